The highest BCUT2D eigenvalue weighted by Crippen LogP contribution is 2.34. The lowest BCUT2D eigenvalue weighted by atomic mass is 10.2. The standard InChI is InChI=1S/C18H12F5N3O2/c1-26-9-10(16(25-26)18(21,22)23)17(27)24-12-6-2-3-7-13(12)28-14-8-4-5-11(19)15(14)20/h2-9H,1H3,(H,24,27). The molecule has 0 aliphatic carbocycles. The van der Waals surface area contributed by atoms with Crippen LogP contribution in [0.15, 0.2) is 48.7 Å². The molecule has 0 aliphatic heterocycles. The number of aromatic nitrogens is 2. The van der Waals surface area contributed by atoms with Gasteiger partial charge < -0.3 is 10.1 Å². The van der Waals surface area contributed by atoms with Gasteiger partial charge in [-0.1, -0.05) is 18.2 Å². The number of halogens is 5. The molecule has 0 aliphatic rings. The Morgan fingerprint density at radius 2 is 1.75 bits per heavy atom. The molecule has 0 spiro atoms. The van der Waals surface area contributed by atoms with E-state index in [0.29, 0.717) is 0 Å². The lowest BCUT2D eigenvalue weighted by Gasteiger charge is -2.13. The van der Waals surface area contributed by atoms with Crippen LogP contribution in [0.5, 0.6) is 11.5 Å². The zero-order valence-electron chi connectivity index (χ0n) is 14.2. The predicted octanol–water partition coefficient (Wildman–Crippen LogP) is 4.76. The molecule has 1 aromatic heterocycles. The van der Waals surface area contributed by atoms with Crippen LogP contribution in [0.25, 0.3) is 0 Å². The Morgan fingerprint density at radius 3 is 2.46 bits per heavy atom. The second-order valence-electron chi connectivity index (χ2n) is 5.67. The van der Waals surface area contributed by atoms with Crippen LogP contribution in [0.4, 0.5) is 27.6 Å². The average Bonchev–Trinajstić information content (AvgIpc) is 3.03. The Bertz CT molecular complexity index is 1030. The van der Waals surface area contributed by atoms with Crippen molar-refractivity contribution in [3.63, 3.8) is 0 Å². The average molecular weight is 397 g/mol. The first-order valence-electron chi connectivity index (χ1n) is 7.80. The minimum atomic E-state index is -4.82. The van der Waals surface area contributed by atoms with E-state index < -0.39 is 40.7 Å². The van der Waals surface area contributed by atoms with E-state index in [1.165, 1.54) is 43.4 Å². The third-order valence-electron chi connectivity index (χ3n) is 3.61. The molecule has 0 unspecified atom stereocenters. The van der Waals surface area contributed by atoms with Gasteiger partial charge in [-0.15, -0.1) is 0 Å². The molecule has 0 saturated carbocycles. The smallest absolute Gasteiger partial charge is 0.435 e. The number of alkyl halides is 3. The molecule has 0 fully saturated rings. The van der Waals surface area contributed by atoms with Crippen LogP contribution < -0.4 is 10.1 Å². The van der Waals surface area contributed by atoms with Gasteiger partial charge in [0.1, 0.15) is 0 Å². The summed E-state index contributed by atoms with van der Waals surface area (Å²) < 4.78 is 72.4. The van der Waals surface area contributed by atoms with Gasteiger partial charge in [0.25, 0.3) is 5.91 Å². The van der Waals surface area contributed by atoms with Crippen LogP contribution in [0.2, 0.25) is 0 Å². The number of rotatable bonds is 4. The van der Waals surface area contributed by atoms with Gasteiger partial charge in [-0.05, 0) is 24.3 Å². The van der Waals surface area contributed by atoms with Gasteiger partial charge in [0.05, 0.1) is 11.3 Å². The summed E-state index contributed by atoms with van der Waals surface area (Å²) in [7, 11) is 1.25. The number of hydrogen-bond donors (Lipinski definition) is 1. The molecule has 5 nitrogen and oxygen atoms in total. The fourth-order valence-corrected chi connectivity index (χ4v) is 2.39. The molecule has 2 aromatic carbocycles. The summed E-state index contributed by atoms with van der Waals surface area (Å²) in [5.74, 6) is -3.99. The largest absolute Gasteiger partial charge is 0.452 e. The fourth-order valence-electron chi connectivity index (χ4n) is 2.39. The molecule has 1 N–H and O–H groups in total. The SMILES string of the molecule is Cn1cc(C(=O)Nc2ccccc2Oc2cccc(F)c2F)c(C(F)(F)F)n1. The van der Waals surface area contributed by atoms with Crippen LogP contribution in [0.1, 0.15) is 16.1 Å². The lowest BCUT2D eigenvalue weighted by molar-refractivity contribution is -0.141. The number of aryl methyl sites for hydroxylation is 1. The Morgan fingerprint density at radius 1 is 1.07 bits per heavy atom. The maximum Gasteiger partial charge on any atom is 0.435 e. The van der Waals surface area contributed by atoms with Crippen molar-refractivity contribution in [3.05, 3.63) is 71.6 Å². The zero-order valence-corrected chi connectivity index (χ0v) is 14.2. The topological polar surface area (TPSA) is 56.2 Å². The Balaban J connectivity index is 1.90. The van der Waals surface area contributed by atoms with Gasteiger partial charge in [0.15, 0.2) is 23.0 Å². The molecule has 28 heavy (non-hydrogen) atoms. The van der Waals surface area contributed by atoms with Crippen LogP contribution in [0, 0.1) is 11.6 Å². The summed E-state index contributed by atoms with van der Waals surface area (Å²) in [6, 6.07) is 8.95. The molecule has 0 saturated heterocycles. The van der Waals surface area contributed by atoms with E-state index in [1.807, 2.05) is 0 Å². The summed E-state index contributed by atoms with van der Waals surface area (Å²) >= 11 is 0. The second kappa shape index (κ2) is 7.29. The van der Waals surface area contributed by atoms with Crippen molar-refractivity contribution in [1.82, 2.24) is 9.78 Å². The van der Waals surface area contributed by atoms with E-state index in [-0.39, 0.29) is 11.4 Å². The molecule has 0 bridgehead atoms. The van der Waals surface area contributed by atoms with Crippen LogP contribution >= 0.6 is 0 Å². The maximum absolute atomic E-state index is 13.8. The van der Waals surface area contributed by atoms with Crippen LogP contribution in [-0.2, 0) is 13.2 Å². The number of anilines is 1. The predicted molar refractivity (Wildman–Crippen MR) is 89.0 cm³/mol. The van der Waals surface area contributed by atoms with E-state index in [1.54, 1.807) is 0 Å². The Kier molecular flexibility index (Phi) is 5.04. The number of para-hydroxylation sites is 2. The van der Waals surface area contributed by atoms with E-state index in [2.05, 4.69) is 10.4 Å². The van der Waals surface area contributed by atoms with E-state index in [4.69, 9.17) is 4.74 Å². The van der Waals surface area contributed by atoms with Crippen LogP contribution in [-0.4, -0.2) is 15.7 Å². The number of amides is 1. The molecule has 3 aromatic rings. The maximum atomic E-state index is 13.8. The number of nitrogens with one attached hydrogen (secondary N) is 1. The normalized spacial score (nSPS) is 11.4. The minimum absolute atomic E-state index is 0.0341. The van der Waals surface area contributed by atoms with E-state index in [9.17, 15) is 26.7 Å². The fraction of sp³-hybridized carbons (Fsp3) is 0.111. The lowest BCUT2D eigenvalue weighted by Crippen LogP contribution is -2.18. The van der Waals surface area contributed by atoms with Gasteiger partial charge in [0.2, 0.25) is 5.82 Å². The van der Waals surface area contributed by atoms with Crippen molar-refractivity contribution < 1.29 is 31.5 Å². The first kappa shape index (κ1) is 19.3. The highest BCUT2D eigenvalue weighted by atomic mass is 19.4. The first-order chi connectivity index (χ1) is 13.2. The molecule has 3 rings (SSSR count). The van der Waals surface area contributed by atoms with Crippen molar-refractivity contribution in [2.24, 2.45) is 7.05 Å². The summed E-state index contributed by atoms with van der Waals surface area (Å²) in [5, 5.41) is 5.54. The highest BCUT2D eigenvalue weighted by molar-refractivity contribution is 6.05. The number of benzene rings is 2. The molecular formula is C18H12F5N3O2. The summed E-state index contributed by atoms with van der Waals surface area (Å²) in [6.07, 6.45) is -3.90. The van der Waals surface area contributed by atoms with Crippen molar-refractivity contribution >= 4 is 11.6 Å². The van der Waals surface area contributed by atoms with Crippen molar-refractivity contribution in [1.29, 1.82) is 0 Å². The monoisotopic (exact) mass is 397 g/mol. The van der Waals surface area contributed by atoms with Gasteiger partial charge in [-0.2, -0.15) is 22.7 Å². The third-order valence-corrected chi connectivity index (χ3v) is 3.61. The Labute approximate surface area is 155 Å². The molecule has 1 amide bonds. The first-order valence-corrected chi connectivity index (χ1v) is 7.80. The molecular weight excluding hydrogens is 385 g/mol. The number of carbonyl (C=O) groups excluding carboxylic acids is 1. The molecule has 0 radical (unpaired) electrons. The van der Waals surface area contributed by atoms with Gasteiger partial charge in [0, 0.05) is 13.2 Å². The highest BCUT2D eigenvalue weighted by Gasteiger charge is 2.39. The number of nitrogens with zero attached hydrogens (tertiary/aromatic N) is 2. The van der Waals surface area contributed by atoms with Crippen LogP contribution in [0.3, 0.4) is 0 Å². The van der Waals surface area contributed by atoms with Gasteiger partial charge >= 0.3 is 6.18 Å². The van der Waals surface area contributed by atoms with Gasteiger partial charge in [-0.3, -0.25) is 9.48 Å². The summed E-state index contributed by atoms with van der Waals surface area (Å²) in [5.41, 5.74) is -2.07. The van der Waals surface area contributed by atoms with Crippen molar-refractivity contribution in [2.75, 3.05) is 5.32 Å². The molecule has 10 heteroatoms. The number of hydrogen-bond acceptors (Lipinski definition) is 3. The van der Waals surface area contributed by atoms with E-state index >= 15 is 0 Å². The molecule has 1 heterocycles. The second-order valence-corrected chi connectivity index (χ2v) is 5.67. The summed E-state index contributed by atoms with van der Waals surface area (Å²) in [4.78, 5) is 12.4. The summed E-state index contributed by atoms with van der Waals surface area (Å²) in [6.45, 7) is 0. The third kappa shape index (κ3) is 3.95. The van der Waals surface area contributed by atoms with Crippen molar-refractivity contribution in [2.45, 2.75) is 6.18 Å². The zero-order chi connectivity index (χ0) is 20.5. The minimum Gasteiger partial charge on any atom is -0.452 e. The van der Waals surface area contributed by atoms with E-state index in [0.717, 1.165) is 16.9 Å². The Hall–Kier alpha value is -3.43. The number of carbonyl (C=O) groups is 1. The number of ether oxygens (including phenoxy) is 1. The quantitative estimate of drug-likeness (QED) is 0.646. The van der Waals surface area contributed by atoms with Crippen molar-refractivity contribution in [3.8, 4) is 11.5 Å². The molecule has 146 valence electrons. The molecule has 0 atom stereocenters. The van der Waals surface area contributed by atoms with Gasteiger partial charge in [-0.25, -0.2) is 4.39 Å².